The van der Waals surface area contributed by atoms with Gasteiger partial charge in [0.1, 0.15) is 0 Å². The van der Waals surface area contributed by atoms with Crippen LogP contribution in [-0.2, 0) is 9.53 Å². The van der Waals surface area contributed by atoms with Crippen LogP contribution in [0.4, 0.5) is 0 Å². The molecule has 0 saturated carbocycles. The number of carbonyl (C=O) groups is 1. The number of halogens is 2. The van der Waals surface area contributed by atoms with Crippen LogP contribution >= 0.6 is 23.2 Å². The van der Waals surface area contributed by atoms with Crippen molar-refractivity contribution in [3.05, 3.63) is 11.6 Å². The van der Waals surface area contributed by atoms with E-state index in [0.29, 0.717) is 12.3 Å². The van der Waals surface area contributed by atoms with Gasteiger partial charge in [-0.2, -0.15) is 0 Å². The fraction of sp³-hybridized carbons (Fsp3) is 0.800. The third-order valence-corrected chi connectivity index (χ3v) is 4.30. The summed E-state index contributed by atoms with van der Waals surface area (Å²) in [4.78, 5) is 11.1. The maximum Gasteiger partial charge on any atom is 0.310 e. The molecule has 1 aliphatic carbocycles. The number of esters is 1. The lowest BCUT2D eigenvalue weighted by Gasteiger charge is -2.31. The largest absolute Gasteiger partial charge is 0.435 e. The maximum atomic E-state index is 11.6. The Morgan fingerprint density at radius 2 is 2.20 bits per heavy atom. The molecule has 0 aromatic rings. The molecule has 0 radical (unpaired) electrons. The van der Waals surface area contributed by atoms with Crippen LogP contribution < -0.4 is 0 Å². The van der Waals surface area contributed by atoms with Gasteiger partial charge in [-0.05, 0) is 32.6 Å². The lowest BCUT2D eigenvalue weighted by Crippen LogP contribution is -2.36. The molecule has 0 amide bonds. The van der Waals surface area contributed by atoms with Crippen molar-refractivity contribution in [2.24, 2.45) is 17.8 Å². The second kappa shape index (κ2) is 7.15. The lowest BCUT2D eigenvalue weighted by molar-refractivity contribution is -0.185. The van der Waals surface area contributed by atoms with Crippen LogP contribution in [0.5, 0.6) is 0 Å². The van der Waals surface area contributed by atoms with Crippen molar-refractivity contribution in [1.82, 2.24) is 0 Å². The summed E-state index contributed by atoms with van der Waals surface area (Å²) in [5, 5.41) is 10.3. The van der Waals surface area contributed by atoms with Crippen molar-refractivity contribution in [2.45, 2.75) is 51.7 Å². The summed E-state index contributed by atoms with van der Waals surface area (Å²) in [6, 6.07) is 0. The average Bonchev–Trinajstić information content (AvgIpc) is 2.43. The molecule has 0 fully saturated rings. The van der Waals surface area contributed by atoms with Crippen molar-refractivity contribution >= 4 is 29.2 Å². The van der Waals surface area contributed by atoms with E-state index in [1.165, 1.54) is 0 Å². The molecule has 5 heteroatoms. The fourth-order valence-corrected chi connectivity index (χ4v) is 3.37. The van der Waals surface area contributed by atoms with Crippen LogP contribution in [0.3, 0.4) is 0 Å². The number of alkyl halides is 2. The Bertz CT molecular complexity index is 377. The third-order valence-electron chi connectivity index (χ3n) is 3.64. The normalized spacial score (nSPS) is 32.5. The quantitative estimate of drug-likeness (QED) is 0.371. The Labute approximate surface area is 131 Å². The van der Waals surface area contributed by atoms with Crippen molar-refractivity contribution in [3.63, 3.8) is 0 Å². The first kappa shape index (κ1) is 17.8. The lowest BCUT2D eigenvalue weighted by atomic mass is 9.85. The molecule has 1 rings (SSSR count). The molecule has 0 heterocycles. The predicted octanol–water partition coefficient (Wildman–Crippen LogP) is 3.71. The number of aliphatic hydroxyl groups is 1. The number of aliphatic hydroxyl groups excluding tert-OH is 1. The Morgan fingerprint density at radius 1 is 1.60 bits per heavy atom. The molecular formula is C15H24Cl2O3. The molecule has 116 valence electrons. The summed E-state index contributed by atoms with van der Waals surface area (Å²) in [5.74, 6) is -0.489. The maximum absolute atomic E-state index is 11.6. The van der Waals surface area contributed by atoms with Gasteiger partial charge < -0.3 is 9.84 Å². The van der Waals surface area contributed by atoms with Gasteiger partial charge in [0.25, 0.3) is 0 Å². The van der Waals surface area contributed by atoms with Gasteiger partial charge in [0, 0.05) is 11.8 Å². The van der Waals surface area contributed by atoms with Gasteiger partial charge in [0.05, 0.1) is 10.8 Å². The predicted molar refractivity (Wildman–Crippen MR) is 81.9 cm³/mol. The van der Waals surface area contributed by atoms with E-state index in [0.717, 1.165) is 12.0 Å². The highest BCUT2D eigenvalue weighted by atomic mass is 35.5. The molecule has 3 nitrogen and oxygen atoms in total. The number of rotatable bonds is 4. The van der Waals surface area contributed by atoms with Crippen molar-refractivity contribution < 1.29 is 14.6 Å². The zero-order chi connectivity index (χ0) is 15.5. The second-order valence-electron chi connectivity index (χ2n) is 6.24. The first-order valence-electron chi connectivity index (χ1n) is 6.98. The summed E-state index contributed by atoms with van der Waals surface area (Å²) >= 11 is 12.5. The SMILES string of the molecule is CC1=CC(C)(Cl)CC([C@H](O)OC(=O)C(C)C)C(CCl)C1. The van der Waals surface area contributed by atoms with Crippen LogP contribution in [0, 0.1) is 17.8 Å². The van der Waals surface area contributed by atoms with Gasteiger partial charge in [0.15, 0.2) is 0 Å². The molecule has 1 aliphatic rings. The Kier molecular flexibility index (Phi) is 6.36. The minimum Gasteiger partial charge on any atom is -0.435 e. The molecule has 0 spiro atoms. The fourth-order valence-electron chi connectivity index (χ4n) is 2.67. The molecule has 0 saturated heterocycles. The third kappa shape index (κ3) is 4.94. The zero-order valence-electron chi connectivity index (χ0n) is 12.5. The van der Waals surface area contributed by atoms with Crippen LogP contribution in [0.15, 0.2) is 11.6 Å². The molecule has 0 aromatic heterocycles. The topological polar surface area (TPSA) is 46.5 Å². The van der Waals surface area contributed by atoms with Crippen LogP contribution in [0.2, 0.25) is 0 Å². The first-order valence-corrected chi connectivity index (χ1v) is 7.89. The monoisotopic (exact) mass is 322 g/mol. The number of allylic oxidation sites excluding steroid dienone is 2. The van der Waals surface area contributed by atoms with Gasteiger partial charge in [-0.1, -0.05) is 25.5 Å². The standard InChI is InChI=1S/C15H24Cl2O3/c1-9(2)13(18)20-14(19)12-7-15(4,17)6-10(3)5-11(12)8-16/h6,9,11-12,14,19H,5,7-8H2,1-4H3/t11?,12?,14-,15?/m1/s1. The molecule has 0 aliphatic heterocycles. The second-order valence-corrected chi connectivity index (χ2v) is 7.41. The summed E-state index contributed by atoms with van der Waals surface area (Å²) < 4.78 is 5.14. The highest BCUT2D eigenvalue weighted by Crippen LogP contribution is 2.39. The number of ether oxygens (including phenoxy) is 1. The highest BCUT2D eigenvalue weighted by Gasteiger charge is 2.38. The smallest absolute Gasteiger partial charge is 0.310 e. The Morgan fingerprint density at radius 3 is 2.70 bits per heavy atom. The van der Waals surface area contributed by atoms with E-state index in [-0.39, 0.29) is 17.8 Å². The van der Waals surface area contributed by atoms with E-state index >= 15 is 0 Å². The molecule has 3 unspecified atom stereocenters. The number of hydrogen-bond acceptors (Lipinski definition) is 3. The summed E-state index contributed by atoms with van der Waals surface area (Å²) in [7, 11) is 0. The van der Waals surface area contributed by atoms with Crippen molar-refractivity contribution in [1.29, 1.82) is 0 Å². The van der Waals surface area contributed by atoms with Crippen LogP contribution in [0.25, 0.3) is 0 Å². The molecule has 0 bridgehead atoms. The first-order chi connectivity index (χ1) is 9.16. The minimum absolute atomic E-state index is 0.0449. The van der Waals surface area contributed by atoms with Crippen LogP contribution in [0.1, 0.15) is 40.5 Å². The van der Waals surface area contributed by atoms with Gasteiger partial charge in [-0.3, -0.25) is 4.79 Å². The van der Waals surface area contributed by atoms with Gasteiger partial charge >= 0.3 is 5.97 Å². The number of carbonyl (C=O) groups excluding carboxylic acids is 1. The summed E-state index contributed by atoms with van der Waals surface area (Å²) in [6.45, 7) is 7.38. The molecular weight excluding hydrogens is 299 g/mol. The van der Waals surface area contributed by atoms with E-state index in [1.54, 1.807) is 13.8 Å². The van der Waals surface area contributed by atoms with Gasteiger partial charge in [0.2, 0.25) is 6.29 Å². The van der Waals surface area contributed by atoms with E-state index in [9.17, 15) is 9.90 Å². The Hall–Kier alpha value is -0.250. The Balaban J connectivity index is 2.87. The van der Waals surface area contributed by atoms with Crippen molar-refractivity contribution in [3.8, 4) is 0 Å². The molecule has 1 N–H and O–H groups in total. The summed E-state index contributed by atoms with van der Waals surface area (Å²) in [5.41, 5.74) is 1.15. The van der Waals surface area contributed by atoms with Crippen molar-refractivity contribution in [2.75, 3.05) is 5.88 Å². The van der Waals surface area contributed by atoms with Crippen LogP contribution in [-0.4, -0.2) is 28.1 Å². The molecule has 4 atom stereocenters. The van der Waals surface area contributed by atoms with E-state index in [4.69, 9.17) is 27.9 Å². The minimum atomic E-state index is -1.16. The average molecular weight is 323 g/mol. The zero-order valence-corrected chi connectivity index (χ0v) is 14.0. The summed E-state index contributed by atoms with van der Waals surface area (Å²) in [6.07, 6.45) is 2.12. The van der Waals surface area contributed by atoms with E-state index in [1.807, 2.05) is 19.9 Å². The number of hydrogen-bond donors (Lipinski definition) is 1. The molecule has 20 heavy (non-hydrogen) atoms. The van der Waals surface area contributed by atoms with Gasteiger partial charge in [-0.15, -0.1) is 23.2 Å². The highest BCUT2D eigenvalue weighted by molar-refractivity contribution is 6.25. The van der Waals surface area contributed by atoms with Gasteiger partial charge in [-0.25, -0.2) is 0 Å². The van der Waals surface area contributed by atoms with E-state index < -0.39 is 17.1 Å². The molecule has 0 aromatic carbocycles. The van der Waals surface area contributed by atoms with E-state index in [2.05, 4.69) is 0 Å².